The summed E-state index contributed by atoms with van der Waals surface area (Å²) in [5, 5.41) is 1.13. The fraction of sp³-hybridized carbons (Fsp3) is 0.261. The van der Waals surface area contributed by atoms with Crippen LogP contribution >= 0.6 is 11.6 Å². The number of halogens is 2. The van der Waals surface area contributed by atoms with Crippen LogP contribution in [0.3, 0.4) is 0 Å². The first-order valence-corrected chi connectivity index (χ1v) is 10.6. The molecule has 1 aliphatic rings. The summed E-state index contributed by atoms with van der Waals surface area (Å²) in [7, 11) is 0. The van der Waals surface area contributed by atoms with Crippen molar-refractivity contribution in [3.8, 4) is 16.9 Å². The Morgan fingerprint density at radius 2 is 2.03 bits per heavy atom. The number of nitrogens with one attached hydrogen (secondary N) is 1. The van der Waals surface area contributed by atoms with E-state index in [1.807, 2.05) is 0 Å². The van der Waals surface area contributed by atoms with Crippen molar-refractivity contribution in [3.05, 3.63) is 63.8 Å². The lowest BCUT2D eigenvalue weighted by atomic mass is 10.0. The third-order valence-corrected chi connectivity index (χ3v) is 5.76. The average Bonchev–Trinajstić information content (AvgIpc) is 2.79. The number of aromatic amines is 1. The number of benzene rings is 2. The quantitative estimate of drug-likeness (QED) is 0.590. The molecule has 0 saturated carbocycles. The Bertz CT molecular complexity index is 1290. The first-order valence-electron chi connectivity index (χ1n) is 10.2. The van der Waals surface area contributed by atoms with Gasteiger partial charge in [-0.05, 0) is 48.7 Å². The molecule has 8 nitrogen and oxygen atoms in total. The van der Waals surface area contributed by atoms with Crippen molar-refractivity contribution in [1.82, 2.24) is 9.88 Å². The number of pyridine rings is 1. The van der Waals surface area contributed by atoms with E-state index in [9.17, 15) is 18.8 Å². The van der Waals surface area contributed by atoms with Gasteiger partial charge in [-0.2, -0.15) is 0 Å². The normalized spacial score (nSPS) is 17.1. The lowest BCUT2D eigenvalue weighted by molar-refractivity contribution is -0.150. The van der Waals surface area contributed by atoms with E-state index < -0.39 is 23.9 Å². The second-order valence-electron chi connectivity index (χ2n) is 7.67. The number of rotatable bonds is 5. The Kier molecular flexibility index (Phi) is 6.35. The molecule has 1 fully saturated rings. The van der Waals surface area contributed by atoms with Crippen LogP contribution in [0, 0.1) is 5.82 Å². The number of aromatic nitrogens is 1. The second-order valence-corrected chi connectivity index (χ2v) is 8.08. The molecule has 2 aromatic carbocycles. The molecule has 0 unspecified atom stereocenters. The molecule has 2 atom stereocenters. The molecule has 4 rings (SSSR count). The van der Waals surface area contributed by atoms with E-state index in [0.717, 1.165) is 0 Å². The van der Waals surface area contributed by atoms with Gasteiger partial charge < -0.3 is 25.1 Å². The maximum absolute atomic E-state index is 13.5. The minimum Gasteiger partial charge on any atom is -0.481 e. The molecule has 3 aromatic rings. The van der Waals surface area contributed by atoms with Crippen molar-refractivity contribution >= 4 is 34.2 Å². The lowest BCUT2D eigenvalue weighted by Gasteiger charge is -2.33. The maximum atomic E-state index is 13.5. The van der Waals surface area contributed by atoms with Gasteiger partial charge in [0.1, 0.15) is 11.6 Å². The molecule has 0 aliphatic carbocycles. The number of primary amides is 1. The number of hydrogen-bond acceptors (Lipinski definition) is 5. The number of morpholine rings is 1. The zero-order valence-electron chi connectivity index (χ0n) is 17.6. The van der Waals surface area contributed by atoms with Crippen LogP contribution in [0.1, 0.15) is 6.92 Å². The first kappa shape index (κ1) is 22.8. The number of amides is 2. The Morgan fingerprint density at radius 1 is 1.24 bits per heavy atom. The summed E-state index contributed by atoms with van der Waals surface area (Å²) in [5.74, 6) is -1.11. The van der Waals surface area contributed by atoms with Crippen LogP contribution in [0.25, 0.3) is 21.9 Å². The van der Waals surface area contributed by atoms with E-state index in [-0.39, 0.29) is 29.6 Å². The number of carbonyl (C=O) groups is 2. The standard InChI is InChI=1S/C23H21ClFN3O5/c1-12(23(31)28-6-7-32-20(11-28)21(26)29)33-14-3-5-15-17(9-14)22(30)27-10-18(15)16-4-2-13(25)8-19(16)24/h2-5,8-10,12,20H,6-7,11H2,1H3,(H2,26,29)(H,27,30)/t12-,20-/m1/s1. The van der Waals surface area contributed by atoms with Crippen LogP contribution in [-0.4, -0.2) is 53.6 Å². The fourth-order valence-electron chi connectivity index (χ4n) is 3.78. The van der Waals surface area contributed by atoms with Gasteiger partial charge in [-0.25, -0.2) is 4.39 Å². The molecule has 2 amide bonds. The summed E-state index contributed by atoms with van der Waals surface area (Å²) in [6.07, 6.45) is -0.210. The van der Waals surface area contributed by atoms with Crippen LogP contribution in [0.4, 0.5) is 4.39 Å². The first-order chi connectivity index (χ1) is 15.7. The Balaban J connectivity index is 1.59. The molecule has 1 saturated heterocycles. The Labute approximate surface area is 193 Å². The number of ether oxygens (including phenoxy) is 2. The molecule has 3 N–H and O–H groups in total. The Morgan fingerprint density at radius 3 is 2.76 bits per heavy atom. The van der Waals surface area contributed by atoms with E-state index in [2.05, 4.69) is 4.98 Å². The monoisotopic (exact) mass is 473 g/mol. The largest absolute Gasteiger partial charge is 0.481 e. The summed E-state index contributed by atoms with van der Waals surface area (Å²) < 4.78 is 24.5. The minimum atomic E-state index is -0.872. The highest BCUT2D eigenvalue weighted by molar-refractivity contribution is 6.33. The summed E-state index contributed by atoms with van der Waals surface area (Å²) in [5.41, 5.74) is 6.11. The average molecular weight is 474 g/mol. The molecular weight excluding hydrogens is 453 g/mol. The number of H-pyrrole nitrogens is 1. The van der Waals surface area contributed by atoms with Crippen molar-refractivity contribution < 1.29 is 23.5 Å². The van der Waals surface area contributed by atoms with Gasteiger partial charge in [0.15, 0.2) is 12.2 Å². The smallest absolute Gasteiger partial charge is 0.263 e. The zero-order valence-corrected chi connectivity index (χ0v) is 18.4. The van der Waals surface area contributed by atoms with Gasteiger partial charge in [0.2, 0.25) is 5.91 Å². The third kappa shape index (κ3) is 4.69. The molecule has 0 bridgehead atoms. The van der Waals surface area contributed by atoms with Crippen LogP contribution in [0.15, 0.2) is 47.4 Å². The predicted octanol–water partition coefficient (Wildman–Crippen LogP) is 2.47. The van der Waals surface area contributed by atoms with Crippen LogP contribution in [-0.2, 0) is 14.3 Å². The molecule has 2 heterocycles. The SMILES string of the molecule is C[C@@H](Oc1ccc2c(-c3ccc(F)cc3Cl)c[nH]c(=O)c2c1)C(=O)N1CCO[C@@H](C(N)=O)C1. The molecule has 1 aromatic heterocycles. The predicted molar refractivity (Wildman–Crippen MR) is 121 cm³/mol. The molecule has 172 valence electrons. The van der Waals surface area contributed by atoms with Crippen molar-refractivity contribution in [2.75, 3.05) is 19.7 Å². The summed E-state index contributed by atoms with van der Waals surface area (Å²) in [4.78, 5) is 40.8. The Hall–Kier alpha value is -3.43. The van der Waals surface area contributed by atoms with Gasteiger partial charge in [-0.1, -0.05) is 11.6 Å². The maximum Gasteiger partial charge on any atom is 0.263 e. The number of nitrogens with two attached hydrogens (primary N) is 1. The van der Waals surface area contributed by atoms with Crippen molar-refractivity contribution in [2.24, 2.45) is 5.73 Å². The van der Waals surface area contributed by atoms with E-state index in [4.69, 9.17) is 26.8 Å². The number of carbonyl (C=O) groups excluding carboxylic acids is 2. The summed E-state index contributed by atoms with van der Waals surface area (Å²) in [6, 6.07) is 8.88. The summed E-state index contributed by atoms with van der Waals surface area (Å²) in [6.45, 7) is 2.16. The number of hydrogen-bond donors (Lipinski definition) is 2. The molecule has 33 heavy (non-hydrogen) atoms. The molecular formula is C23H21ClFN3O5. The fourth-order valence-corrected chi connectivity index (χ4v) is 4.05. The van der Waals surface area contributed by atoms with Crippen LogP contribution < -0.4 is 16.0 Å². The van der Waals surface area contributed by atoms with E-state index in [1.54, 1.807) is 19.1 Å². The molecule has 0 radical (unpaired) electrons. The highest BCUT2D eigenvalue weighted by Gasteiger charge is 2.30. The van der Waals surface area contributed by atoms with E-state index in [0.29, 0.717) is 34.2 Å². The number of fused-ring (bicyclic) bond motifs is 1. The topological polar surface area (TPSA) is 115 Å². The highest BCUT2D eigenvalue weighted by atomic mass is 35.5. The van der Waals surface area contributed by atoms with Crippen molar-refractivity contribution in [2.45, 2.75) is 19.1 Å². The summed E-state index contributed by atoms with van der Waals surface area (Å²) >= 11 is 6.21. The van der Waals surface area contributed by atoms with E-state index >= 15 is 0 Å². The van der Waals surface area contributed by atoms with Crippen LogP contribution in [0.5, 0.6) is 5.75 Å². The van der Waals surface area contributed by atoms with E-state index in [1.165, 1.54) is 35.4 Å². The van der Waals surface area contributed by atoms with Crippen LogP contribution in [0.2, 0.25) is 5.02 Å². The lowest BCUT2D eigenvalue weighted by Crippen LogP contribution is -2.53. The van der Waals surface area contributed by atoms with Gasteiger partial charge in [0, 0.05) is 23.9 Å². The van der Waals surface area contributed by atoms with Crippen molar-refractivity contribution in [1.29, 1.82) is 0 Å². The molecule has 0 spiro atoms. The molecule has 10 heteroatoms. The van der Waals surface area contributed by atoms with Crippen molar-refractivity contribution in [3.63, 3.8) is 0 Å². The van der Waals surface area contributed by atoms with Gasteiger partial charge in [-0.3, -0.25) is 14.4 Å². The minimum absolute atomic E-state index is 0.0566. The zero-order chi connectivity index (χ0) is 23.7. The third-order valence-electron chi connectivity index (χ3n) is 5.45. The van der Waals surface area contributed by atoms with Gasteiger partial charge >= 0.3 is 0 Å². The van der Waals surface area contributed by atoms with Gasteiger partial charge in [0.05, 0.1) is 23.6 Å². The van der Waals surface area contributed by atoms with Gasteiger partial charge in [0.25, 0.3) is 11.5 Å². The number of nitrogens with zero attached hydrogens (tertiary/aromatic N) is 1. The second kappa shape index (κ2) is 9.21. The molecule has 1 aliphatic heterocycles. The van der Waals surface area contributed by atoms with Gasteiger partial charge in [-0.15, -0.1) is 0 Å². The highest BCUT2D eigenvalue weighted by Crippen LogP contribution is 2.33.